The quantitative estimate of drug-likeness (QED) is 0.793. The molecule has 0 atom stereocenters. The normalized spacial score (nSPS) is 14.7. The Morgan fingerprint density at radius 1 is 1.00 bits per heavy atom. The second kappa shape index (κ2) is 8.80. The van der Waals surface area contributed by atoms with E-state index in [2.05, 4.69) is 31.6 Å². The van der Waals surface area contributed by atoms with Gasteiger partial charge < -0.3 is 9.64 Å². The van der Waals surface area contributed by atoms with E-state index in [1.165, 1.54) is 0 Å². The predicted octanol–water partition coefficient (Wildman–Crippen LogP) is 1.38. The molecule has 0 unspecified atom stereocenters. The van der Waals surface area contributed by atoms with E-state index in [0.717, 1.165) is 5.56 Å². The highest BCUT2D eigenvalue weighted by Gasteiger charge is 2.18. The highest BCUT2D eigenvalue weighted by molar-refractivity contribution is 5.95. The van der Waals surface area contributed by atoms with Crippen molar-refractivity contribution < 1.29 is 19.1 Å². The van der Waals surface area contributed by atoms with Crippen molar-refractivity contribution in [1.29, 1.82) is 0 Å². The summed E-state index contributed by atoms with van der Waals surface area (Å²) in [5, 5.41) is 0. The molecule has 1 aromatic carbocycles. The lowest BCUT2D eigenvalue weighted by Crippen LogP contribution is -2.43. The number of carbonyl (C=O) groups excluding carboxylic acids is 3. The molecule has 1 heterocycles. The van der Waals surface area contributed by atoms with Gasteiger partial charge in [-0.05, 0) is 23.1 Å². The number of morpholine rings is 1. The molecule has 1 aliphatic heterocycles. The van der Waals surface area contributed by atoms with Gasteiger partial charge in [-0.15, -0.1) is 0 Å². The number of hydrogen-bond donors (Lipinski definition) is 2. The Morgan fingerprint density at radius 2 is 1.62 bits per heavy atom. The number of amides is 3. The lowest BCUT2D eigenvalue weighted by Gasteiger charge is -2.26. The van der Waals surface area contributed by atoms with Gasteiger partial charge in [0, 0.05) is 31.5 Å². The maximum absolute atomic E-state index is 12.1. The summed E-state index contributed by atoms with van der Waals surface area (Å²) >= 11 is 0. The van der Waals surface area contributed by atoms with E-state index in [-0.39, 0.29) is 24.2 Å². The number of carbonyl (C=O) groups is 3. The van der Waals surface area contributed by atoms with E-state index < -0.39 is 11.8 Å². The highest BCUT2D eigenvalue weighted by atomic mass is 16.5. The first-order valence-corrected chi connectivity index (χ1v) is 8.82. The Kier molecular flexibility index (Phi) is 6.74. The zero-order valence-corrected chi connectivity index (χ0v) is 15.6. The van der Waals surface area contributed by atoms with Crippen molar-refractivity contribution in [3.63, 3.8) is 0 Å². The Hall–Kier alpha value is -2.41. The molecule has 1 aliphatic rings. The van der Waals surface area contributed by atoms with Crippen LogP contribution in [0.5, 0.6) is 0 Å². The number of ether oxygens (including phenoxy) is 1. The van der Waals surface area contributed by atoms with Gasteiger partial charge in [0.1, 0.15) is 0 Å². The summed E-state index contributed by atoms with van der Waals surface area (Å²) in [6.07, 6.45) is 0.140. The van der Waals surface area contributed by atoms with Crippen LogP contribution in [0.3, 0.4) is 0 Å². The van der Waals surface area contributed by atoms with Crippen molar-refractivity contribution in [1.82, 2.24) is 15.8 Å². The third-order valence-corrected chi connectivity index (χ3v) is 4.26. The van der Waals surface area contributed by atoms with Gasteiger partial charge in [0.2, 0.25) is 11.8 Å². The molecular weight excluding hydrogens is 334 g/mol. The van der Waals surface area contributed by atoms with Crippen LogP contribution in [0.1, 0.15) is 49.5 Å². The number of hydrogen-bond acceptors (Lipinski definition) is 4. The van der Waals surface area contributed by atoms with Gasteiger partial charge in [-0.1, -0.05) is 32.9 Å². The summed E-state index contributed by atoms with van der Waals surface area (Å²) in [7, 11) is 0. The van der Waals surface area contributed by atoms with Gasteiger partial charge >= 0.3 is 0 Å². The van der Waals surface area contributed by atoms with E-state index in [1.54, 1.807) is 17.0 Å². The van der Waals surface area contributed by atoms with Crippen LogP contribution in [0.15, 0.2) is 24.3 Å². The van der Waals surface area contributed by atoms with Crippen molar-refractivity contribution in [2.45, 2.75) is 39.0 Å². The minimum Gasteiger partial charge on any atom is -0.378 e. The first kappa shape index (κ1) is 19.9. The molecule has 0 bridgehead atoms. The van der Waals surface area contributed by atoms with Crippen LogP contribution in [0.4, 0.5) is 0 Å². The standard InChI is InChI=1S/C19H27N3O4/c1-19(2,3)15-6-4-14(5-7-15)18(25)21-20-16(23)8-9-17(24)22-10-12-26-13-11-22/h4-7H,8-13H2,1-3H3,(H,20,23)(H,21,25). The minimum atomic E-state index is -0.397. The topological polar surface area (TPSA) is 87.7 Å². The van der Waals surface area contributed by atoms with Crippen LogP contribution in [0.2, 0.25) is 0 Å². The number of nitrogens with one attached hydrogen (secondary N) is 2. The molecule has 3 amide bonds. The number of hydrazine groups is 1. The zero-order chi connectivity index (χ0) is 19.2. The molecule has 0 radical (unpaired) electrons. The van der Waals surface area contributed by atoms with E-state index in [0.29, 0.717) is 31.9 Å². The van der Waals surface area contributed by atoms with Crippen molar-refractivity contribution >= 4 is 17.7 Å². The van der Waals surface area contributed by atoms with Gasteiger partial charge in [0.25, 0.3) is 5.91 Å². The smallest absolute Gasteiger partial charge is 0.269 e. The van der Waals surface area contributed by atoms with Crippen LogP contribution >= 0.6 is 0 Å². The molecule has 142 valence electrons. The average Bonchev–Trinajstić information content (AvgIpc) is 2.64. The summed E-state index contributed by atoms with van der Waals surface area (Å²) < 4.78 is 5.19. The van der Waals surface area contributed by atoms with E-state index in [4.69, 9.17) is 4.74 Å². The molecule has 1 saturated heterocycles. The molecule has 0 aromatic heterocycles. The van der Waals surface area contributed by atoms with E-state index in [1.807, 2.05) is 12.1 Å². The summed E-state index contributed by atoms with van der Waals surface area (Å²) in [4.78, 5) is 37.6. The van der Waals surface area contributed by atoms with Crippen molar-refractivity contribution in [3.8, 4) is 0 Å². The van der Waals surface area contributed by atoms with Crippen LogP contribution in [0, 0.1) is 0 Å². The van der Waals surface area contributed by atoms with Gasteiger partial charge in [-0.25, -0.2) is 0 Å². The Morgan fingerprint density at radius 3 is 2.19 bits per heavy atom. The minimum absolute atomic E-state index is 0.0102. The predicted molar refractivity (Wildman–Crippen MR) is 97.4 cm³/mol. The van der Waals surface area contributed by atoms with E-state index >= 15 is 0 Å². The van der Waals surface area contributed by atoms with Crippen molar-refractivity contribution in [2.24, 2.45) is 0 Å². The zero-order valence-electron chi connectivity index (χ0n) is 15.6. The van der Waals surface area contributed by atoms with Gasteiger partial charge in [-0.3, -0.25) is 25.2 Å². The monoisotopic (exact) mass is 361 g/mol. The summed E-state index contributed by atoms with van der Waals surface area (Å²) in [5.74, 6) is -0.864. The molecule has 0 spiro atoms. The molecule has 26 heavy (non-hydrogen) atoms. The molecular formula is C19H27N3O4. The molecule has 2 rings (SSSR count). The van der Waals surface area contributed by atoms with Crippen molar-refractivity contribution in [2.75, 3.05) is 26.3 Å². The van der Waals surface area contributed by atoms with Crippen LogP contribution in [-0.4, -0.2) is 48.9 Å². The fraction of sp³-hybridized carbons (Fsp3) is 0.526. The third-order valence-electron chi connectivity index (χ3n) is 4.26. The van der Waals surface area contributed by atoms with Gasteiger partial charge in [0.15, 0.2) is 0 Å². The number of nitrogens with zero attached hydrogens (tertiary/aromatic N) is 1. The first-order chi connectivity index (χ1) is 12.3. The number of benzene rings is 1. The van der Waals surface area contributed by atoms with Crippen LogP contribution in [0.25, 0.3) is 0 Å². The molecule has 1 fully saturated rings. The Balaban J connectivity index is 1.74. The van der Waals surface area contributed by atoms with Gasteiger partial charge in [-0.2, -0.15) is 0 Å². The Labute approximate surface area is 154 Å². The summed E-state index contributed by atoms with van der Waals surface area (Å²) in [6.45, 7) is 8.47. The second-order valence-corrected chi connectivity index (χ2v) is 7.32. The lowest BCUT2D eigenvalue weighted by atomic mass is 9.87. The molecule has 7 heteroatoms. The van der Waals surface area contributed by atoms with Crippen molar-refractivity contribution in [3.05, 3.63) is 35.4 Å². The fourth-order valence-electron chi connectivity index (χ4n) is 2.57. The third kappa shape index (κ3) is 5.84. The molecule has 1 aromatic rings. The van der Waals surface area contributed by atoms with Gasteiger partial charge in [0.05, 0.1) is 13.2 Å². The average molecular weight is 361 g/mol. The maximum Gasteiger partial charge on any atom is 0.269 e. The maximum atomic E-state index is 12.1. The molecule has 7 nitrogen and oxygen atoms in total. The summed E-state index contributed by atoms with van der Waals surface area (Å²) in [5.41, 5.74) is 6.32. The van der Waals surface area contributed by atoms with Crippen LogP contribution in [-0.2, 0) is 19.7 Å². The highest BCUT2D eigenvalue weighted by Crippen LogP contribution is 2.22. The largest absolute Gasteiger partial charge is 0.378 e. The molecule has 0 aliphatic carbocycles. The lowest BCUT2D eigenvalue weighted by molar-refractivity contribution is -0.137. The summed E-state index contributed by atoms with van der Waals surface area (Å²) in [6, 6.07) is 7.25. The number of rotatable bonds is 4. The van der Waals surface area contributed by atoms with Crippen LogP contribution < -0.4 is 10.9 Å². The Bertz CT molecular complexity index is 644. The molecule has 0 saturated carbocycles. The fourth-order valence-corrected chi connectivity index (χ4v) is 2.57. The SMILES string of the molecule is CC(C)(C)c1ccc(C(=O)NNC(=O)CCC(=O)N2CCOCC2)cc1. The van der Waals surface area contributed by atoms with E-state index in [9.17, 15) is 14.4 Å². The molecule has 2 N–H and O–H groups in total. The second-order valence-electron chi connectivity index (χ2n) is 7.32. The first-order valence-electron chi connectivity index (χ1n) is 8.82.